The van der Waals surface area contributed by atoms with Crippen LogP contribution in [0.15, 0.2) is 82.8 Å². The third kappa shape index (κ3) is 5.74. The molecule has 0 spiro atoms. The molecule has 0 amide bonds. The molecule has 178 valence electrons. The van der Waals surface area contributed by atoms with Gasteiger partial charge in [-0.15, -0.1) is 0 Å². The molecule has 10 heteroatoms. The predicted octanol–water partition coefficient (Wildman–Crippen LogP) is 3.14. The summed E-state index contributed by atoms with van der Waals surface area (Å²) in [5.41, 5.74) is 2.93. The van der Waals surface area contributed by atoms with Crippen molar-refractivity contribution in [2.75, 3.05) is 18.1 Å². The fraction of sp³-hybridized carbons (Fsp3) is 0.0800. The van der Waals surface area contributed by atoms with E-state index < -0.39 is 21.3 Å². The van der Waals surface area contributed by atoms with Gasteiger partial charge in [-0.25, -0.2) is 13.2 Å². The number of sulfonamides is 1. The average Bonchev–Trinajstić information content (AvgIpc) is 2.82. The van der Waals surface area contributed by atoms with Crippen LogP contribution >= 0.6 is 0 Å². The molecule has 0 atom stereocenters. The molecule has 0 aliphatic carbocycles. The summed E-state index contributed by atoms with van der Waals surface area (Å²) in [5.74, 6) is 0.575. The van der Waals surface area contributed by atoms with Gasteiger partial charge in [0, 0.05) is 47.0 Å². The van der Waals surface area contributed by atoms with Crippen molar-refractivity contribution in [2.45, 2.75) is 0 Å². The van der Waals surface area contributed by atoms with E-state index in [9.17, 15) is 18.0 Å². The Morgan fingerprint density at radius 3 is 2.46 bits per heavy atom. The monoisotopic (exact) mass is 490 g/mol. The Morgan fingerprint density at radius 1 is 1.06 bits per heavy atom. The number of nitrogens with zero attached hydrogens (tertiary/aromatic N) is 2. The van der Waals surface area contributed by atoms with E-state index in [1.807, 2.05) is 18.2 Å². The largest absolute Gasteiger partial charge is 0.495 e. The molecule has 0 saturated heterocycles. The van der Waals surface area contributed by atoms with E-state index in [1.165, 1.54) is 16.8 Å². The zero-order valence-electron chi connectivity index (χ0n) is 18.9. The van der Waals surface area contributed by atoms with Gasteiger partial charge in [-0.3, -0.25) is 24.1 Å². The minimum absolute atomic E-state index is 0.459. The van der Waals surface area contributed by atoms with Crippen molar-refractivity contribution in [1.82, 2.24) is 14.5 Å². The van der Waals surface area contributed by atoms with Crippen LogP contribution < -0.4 is 20.7 Å². The number of H-pyrrole nitrogens is 1. The molecule has 35 heavy (non-hydrogen) atoms. The van der Waals surface area contributed by atoms with Crippen molar-refractivity contribution < 1.29 is 13.2 Å². The molecule has 0 aliphatic rings. The zero-order chi connectivity index (χ0) is 25.0. The maximum atomic E-state index is 12.5. The van der Waals surface area contributed by atoms with Crippen molar-refractivity contribution in [2.24, 2.45) is 0 Å². The van der Waals surface area contributed by atoms with Crippen molar-refractivity contribution >= 4 is 27.9 Å². The fourth-order valence-corrected chi connectivity index (χ4v) is 4.11. The highest BCUT2D eigenvalue weighted by atomic mass is 32.2. The fourth-order valence-electron chi connectivity index (χ4n) is 3.55. The summed E-state index contributed by atoms with van der Waals surface area (Å²) in [6, 6.07) is 15.4. The molecule has 0 bridgehead atoms. The van der Waals surface area contributed by atoms with E-state index in [4.69, 9.17) is 4.74 Å². The van der Waals surface area contributed by atoms with E-state index in [1.54, 1.807) is 62.0 Å². The van der Waals surface area contributed by atoms with Crippen LogP contribution in [0.25, 0.3) is 29.0 Å². The smallest absolute Gasteiger partial charge is 0.332 e. The van der Waals surface area contributed by atoms with Gasteiger partial charge in [0.25, 0.3) is 5.56 Å². The zero-order valence-corrected chi connectivity index (χ0v) is 19.7. The first-order chi connectivity index (χ1) is 16.7. The Morgan fingerprint density at radius 2 is 1.83 bits per heavy atom. The topological polar surface area (TPSA) is 123 Å². The Balaban J connectivity index is 1.82. The number of hydrogen-bond acceptors (Lipinski definition) is 6. The predicted molar refractivity (Wildman–Crippen MR) is 136 cm³/mol. The molecule has 9 nitrogen and oxygen atoms in total. The van der Waals surface area contributed by atoms with Crippen LogP contribution in [0.3, 0.4) is 0 Å². The molecule has 0 fully saturated rings. The lowest BCUT2D eigenvalue weighted by Crippen LogP contribution is -2.27. The van der Waals surface area contributed by atoms with Gasteiger partial charge in [0.05, 0.1) is 19.1 Å². The van der Waals surface area contributed by atoms with Gasteiger partial charge in [-0.1, -0.05) is 30.4 Å². The summed E-state index contributed by atoms with van der Waals surface area (Å²) in [7, 11) is -1.80. The molecule has 0 aliphatic heterocycles. The Labute approximate surface area is 201 Å². The van der Waals surface area contributed by atoms with Crippen LogP contribution in [0.1, 0.15) is 11.1 Å². The van der Waals surface area contributed by atoms with Crippen LogP contribution in [-0.4, -0.2) is 36.3 Å². The van der Waals surface area contributed by atoms with Gasteiger partial charge < -0.3 is 4.74 Å². The van der Waals surface area contributed by atoms with Crippen molar-refractivity contribution in [1.29, 1.82) is 0 Å². The van der Waals surface area contributed by atoms with Crippen LogP contribution in [0.4, 0.5) is 5.69 Å². The molecule has 2 aromatic carbocycles. The lowest BCUT2D eigenvalue weighted by molar-refractivity contribution is 0.415. The lowest BCUT2D eigenvalue weighted by atomic mass is 10.0. The first kappa shape index (κ1) is 23.7. The summed E-state index contributed by atoms with van der Waals surface area (Å²) in [4.78, 5) is 30.5. The van der Waals surface area contributed by atoms with Crippen molar-refractivity contribution in [3.05, 3.63) is 105 Å². The van der Waals surface area contributed by atoms with E-state index in [0.717, 1.165) is 17.4 Å². The summed E-state index contributed by atoms with van der Waals surface area (Å²) in [6.45, 7) is 0. The highest BCUT2D eigenvalue weighted by molar-refractivity contribution is 7.92. The van der Waals surface area contributed by atoms with Gasteiger partial charge >= 0.3 is 5.69 Å². The number of hydrogen-bond donors (Lipinski definition) is 2. The molecule has 4 aromatic rings. The van der Waals surface area contributed by atoms with Gasteiger partial charge in [0.15, 0.2) is 0 Å². The van der Waals surface area contributed by atoms with E-state index in [2.05, 4.69) is 14.7 Å². The van der Waals surface area contributed by atoms with Gasteiger partial charge in [0.1, 0.15) is 5.75 Å². The quantitative estimate of drug-likeness (QED) is 0.384. The highest BCUT2D eigenvalue weighted by Crippen LogP contribution is 2.36. The maximum Gasteiger partial charge on any atom is 0.332 e. The van der Waals surface area contributed by atoms with Gasteiger partial charge in [0.2, 0.25) is 10.0 Å². The average molecular weight is 491 g/mol. The maximum absolute atomic E-state index is 12.5. The van der Waals surface area contributed by atoms with Crippen LogP contribution in [0.2, 0.25) is 0 Å². The third-order valence-corrected chi connectivity index (χ3v) is 5.66. The Bertz CT molecular complexity index is 1610. The normalized spacial score (nSPS) is 11.5. The summed E-state index contributed by atoms with van der Waals surface area (Å²) in [6.07, 6.45) is 9.53. The first-order valence-corrected chi connectivity index (χ1v) is 12.3. The van der Waals surface area contributed by atoms with Crippen LogP contribution in [0.5, 0.6) is 5.75 Å². The molecule has 2 N–H and O–H groups in total. The number of ether oxygens (including phenoxy) is 1. The number of benzene rings is 2. The molecular weight excluding hydrogens is 468 g/mol. The van der Waals surface area contributed by atoms with Crippen molar-refractivity contribution in [3.8, 4) is 22.6 Å². The molecule has 2 aromatic heterocycles. The molecule has 0 radical (unpaired) electrons. The molecule has 0 unspecified atom stereocenters. The number of aromatic amines is 1. The van der Waals surface area contributed by atoms with E-state index in [0.29, 0.717) is 28.3 Å². The molecule has 0 saturated carbocycles. The SMILES string of the molecule is COc1c(/C=C/c2ccc(NS(C)(=O)=O)cc2)cc(-n2ccc(=O)[nH]c2=O)cc1-c1cccnc1. The first-order valence-electron chi connectivity index (χ1n) is 10.4. The number of methoxy groups -OCH3 is 1. The minimum Gasteiger partial charge on any atom is -0.495 e. The number of nitrogens with one attached hydrogen (secondary N) is 2. The van der Waals surface area contributed by atoms with Crippen LogP contribution in [-0.2, 0) is 10.0 Å². The molecule has 4 rings (SSSR count). The summed E-state index contributed by atoms with van der Waals surface area (Å²) >= 11 is 0. The van der Waals surface area contributed by atoms with Gasteiger partial charge in [-0.05, 0) is 35.9 Å². The third-order valence-electron chi connectivity index (χ3n) is 5.05. The Kier molecular flexibility index (Phi) is 6.65. The standard InChI is InChI=1S/C25H22N4O5S/c1-34-24-18(8-5-17-6-9-20(10-7-17)28-35(2,32)33)14-21(29-13-11-23(30)27-25(29)31)15-22(24)19-4-3-12-26-16-19/h3-16,28H,1-2H3,(H,27,30,31)/b8-5+. The van der Waals surface area contributed by atoms with E-state index >= 15 is 0 Å². The summed E-state index contributed by atoms with van der Waals surface area (Å²) in [5, 5.41) is 0. The number of anilines is 1. The molecular formula is C25H22N4O5S. The van der Waals surface area contributed by atoms with Crippen molar-refractivity contribution in [3.63, 3.8) is 0 Å². The second-order valence-electron chi connectivity index (χ2n) is 7.67. The van der Waals surface area contributed by atoms with E-state index in [-0.39, 0.29) is 0 Å². The molecule has 2 heterocycles. The summed E-state index contributed by atoms with van der Waals surface area (Å²) < 4.78 is 32.3. The number of aromatic nitrogens is 3. The van der Waals surface area contributed by atoms with Crippen LogP contribution in [0, 0.1) is 0 Å². The Hall–Kier alpha value is -4.44. The number of rotatable bonds is 7. The second kappa shape index (κ2) is 9.82. The van der Waals surface area contributed by atoms with Gasteiger partial charge in [-0.2, -0.15) is 0 Å². The highest BCUT2D eigenvalue weighted by Gasteiger charge is 2.14. The lowest BCUT2D eigenvalue weighted by Gasteiger charge is -2.15. The second-order valence-corrected chi connectivity index (χ2v) is 9.42. The number of pyridine rings is 1. The minimum atomic E-state index is -3.36.